The van der Waals surface area contributed by atoms with E-state index in [4.69, 9.17) is 0 Å². The van der Waals surface area contributed by atoms with Gasteiger partial charge in [-0.3, -0.25) is 0 Å². The number of fused-ring (bicyclic) bond motifs is 1. The molecule has 0 atom stereocenters. The van der Waals surface area contributed by atoms with Crippen molar-refractivity contribution in [2.24, 2.45) is 0 Å². The van der Waals surface area contributed by atoms with E-state index in [2.05, 4.69) is 0 Å². The van der Waals surface area contributed by atoms with Gasteiger partial charge in [-0.2, -0.15) is 0 Å². The lowest BCUT2D eigenvalue weighted by Crippen LogP contribution is -1.97. The minimum atomic E-state index is -0.887. The summed E-state index contributed by atoms with van der Waals surface area (Å²) in [6.07, 6.45) is 0. The van der Waals surface area contributed by atoms with E-state index >= 15 is 0 Å². The quantitative estimate of drug-likeness (QED) is 0.740. The van der Waals surface area contributed by atoms with E-state index in [1.807, 2.05) is 67.6 Å². The highest BCUT2D eigenvalue weighted by atomic mass is 16.4. The van der Waals surface area contributed by atoms with Gasteiger partial charge in [0.1, 0.15) is 0 Å². The van der Waals surface area contributed by atoms with Crippen molar-refractivity contribution >= 4 is 5.97 Å². The lowest BCUT2D eigenvalue weighted by Gasteiger charge is -2.02. The first-order chi connectivity index (χ1) is 9.66. The van der Waals surface area contributed by atoms with Crippen LogP contribution >= 0.6 is 0 Å². The second-order valence-electron chi connectivity index (χ2n) is 4.88. The van der Waals surface area contributed by atoms with Crippen molar-refractivity contribution in [2.45, 2.75) is 6.92 Å². The second kappa shape index (κ2) is 4.82. The normalized spacial score (nSPS) is 10.7. The van der Waals surface area contributed by atoms with Crippen molar-refractivity contribution in [3.8, 4) is 22.3 Å². The molecule has 0 amide bonds. The number of aromatic carboxylic acids is 1. The summed E-state index contributed by atoms with van der Waals surface area (Å²) in [5.74, 6) is -0.887. The summed E-state index contributed by atoms with van der Waals surface area (Å²) in [6, 6.07) is 19.4. The van der Waals surface area contributed by atoms with Crippen LogP contribution in [-0.2, 0) is 0 Å². The van der Waals surface area contributed by atoms with Crippen LogP contribution in [0.4, 0.5) is 0 Å². The van der Waals surface area contributed by atoms with Crippen LogP contribution < -0.4 is 0 Å². The van der Waals surface area contributed by atoms with Crippen LogP contribution in [0.25, 0.3) is 22.3 Å². The standard InChI is InChI=1S/C18H14O2/c1-12-7-9-13(10-8-12)16-11-14-5-3-2-4-6-15(14)17(16)18(19)20/h2-11H,1H3,(H,19,20). The fraction of sp³-hybridized carbons (Fsp3) is 0.0556. The zero-order valence-corrected chi connectivity index (χ0v) is 11.1. The van der Waals surface area contributed by atoms with Gasteiger partial charge in [0.05, 0.1) is 5.56 Å². The van der Waals surface area contributed by atoms with Crippen molar-refractivity contribution < 1.29 is 9.90 Å². The Morgan fingerprint density at radius 2 is 1.55 bits per heavy atom. The van der Waals surface area contributed by atoms with Gasteiger partial charge in [0.15, 0.2) is 0 Å². The molecule has 2 aliphatic carbocycles. The lowest BCUT2D eigenvalue weighted by atomic mass is 10.0. The average Bonchev–Trinajstić information content (AvgIpc) is 2.64. The third kappa shape index (κ3) is 2.05. The highest BCUT2D eigenvalue weighted by Crippen LogP contribution is 2.37. The Balaban J connectivity index is 2.30. The average molecular weight is 262 g/mol. The molecule has 2 aliphatic rings. The van der Waals surface area contributed by atoms with Crippen LogP contribution in [0.15, 0.2) is 60.7 Å². The van der Waals surface area contributed by atoms with Crippen molar-refractivity contribution in [1.29, 1.82) is 0 Å². The number of carboxylic acids is 1. The molecule has 0 spiro atoms. The van der Waals surface area contributed by atoms with Gasteiger partial charge >= 0.3 is 5.97 Å². The van der Waals surface area contributed by atoms with Crippen molar-refractivity contribution in [3.05, 3.63) is 71.8 Å². The van der Waals surface area contributed by atoms with E-state index in [-0.39, 0.29) is 0 Å². The van der Waals surface area contributed by atoms with Gasteiger partial charge in [0, 0.05) is 0 Å². The Kier molecular flexibility index (Phi) is 2.99. The fourth-order valence-corrected chi connectivity index (χ4v) is 2.48. The Bertz CT molecular complexity index is 742. The van der Waals surface area contributed by atoms with E-state index in [0.717, 1.165) is 27.8 Å². The van der Waals surface area contributed by atoms with Gasteiger partial charge in [-0.1, -0.05) is 60.2 Å². The first-order valence-corrected chi connectivity index (χ1v) is 6.49. The third-order valence-electron chi connectivity index (χ3n) is 3.49. The Morgan fingerprint density at radius 1 is 0.850 bits per heavy atom. The van der Waals surface area contributed by atoms with Gasteiger partial charge in [-0.15, -0.1) is 0 Å². The Labute approximate surface area is 117 Å². The highest BCUT2D eigenvalue weighted by Gasteiger charge is 2.21. The fourth-order valence-electron chi connectivity index (χ4n) is 2.48. The van der Waals surface area contributed by atoms with Crippen molar-refractivity contribution in [1.82, 2.24) is 0 Å². The molecule has 0 radical (unpaired) electrons. The molecule has 0 bridgehead atoms. The summed E-state index contributed by atoms with van der Waals surface area (Å²) >= 11 is 0. The summed E-state index contributed by atoms with van der Waals surface area (Å²) in [4.78, 5) is 11.6. The van der Waals surface area contributed by atoms with Crippen molar-refractivity contribution in [2.75, 3.05) is 0 Å². The van der Waals surface area contributed by atoms with E-state index in [1.165, 1.54) is 0 Å². The molecule has 3 rings (SSSR count). The SMILES string of the molecule is Cc1ccc(-c2cc3cccccc-3c2C(=O)O)cc1. The summed E-state index contributed by atoms with van der Waals surface area (Å²) in [5.41, 5.74) is 4.97. The minimum Gasteiger partial charge on any atom is -0.478 e. The van der Waals surface area contributed by atoms with Crippen LogP contribution in [0.3, 0.4) is 0 Å². The molecular weight excluding hydrogens is 248 g/mol. The molecule has 0 saturated heterocycles. The topological polar surface area (TPSA) is 37.3 Å². The van der Waals surface area contributed by atoms with Gasteiger partial charge in [0.25, 0.3) is 0 Å². The van der Waals surface area contributed by atoms with E-state index in [9.17, 15) is 9.90 Å². The van der Waals surface area contributed by atoms with Gasteiger partial charge in [-0.25, -0.2) is 4.79 Å². The molecule has 0 aliphatic heterocycles. The predicted molar refractivity (Wildman–Crippen MR) is 80.2 cm³/mol. The first-order valence-electron chi connectivity index (χ1n) is 6.49. The summed E-state index contributed by atoms with van der Waals surface area (Å²) in [7, 11) is 0. The van der Waals surface area contributed by atoms with Gasteiger partial charge in [-0.05, 0) is 35.2 Å². The zero-order valence-electron chi connectivity index (χ0n) is 11.1. The molecule has 0 fully saturated rings. The number of hydrogen-bond acceptors (Lipinski definition) is 1. The monoisotopic (exact) mass is 262 g/mol. The lowest BCUT2D eigenvalue weighted by molar-refractivity contribution is 0.0699. The number of hydrogen-bond donors (Lipinski definition) is 1. The second-order valence-corrected chi connectivity index (χ2v) is 4.88. The molecule has 1 N–H and O–H groups in total. The molecule has 0 aromatic heterocycles. The molecule has 2 heteroatoms. The minimum absolute atomic E-state index is 0.375. The number of carboxylic acid groups (broad SMARTS) is 1. The van der Waals surface area contributed by atoms with Gasteiger partial charge < -0.3 is 5.11 Å². The molecule has 20 heavy (non-hydrogen) atoms. The number of aryl methyl sites for hydroxylation is 1. The molecule has 0 unspecified atom stereocenters. The molecule has 1 aromatic rings. The van der Waals surface area contributed by atoms with Crippen molar-refractivity contribution in [3.63, 3.8) is 0 Å². The van der Waals surface area contributed by atoms with Crippen LogP contribution in [0.5, 0.6) is 0 Å². The zero-order chi connectivity index (χ0) is 14.1. The Morgan fingerprint density at radius 3 is 2.25 bits per heavy atom. The molecule has 0 heterocycles. The molecular formula is C18H14O2. The third-order valence-corrected chi connectivity index (χ3v) is 3.49. The van der Waals surface area contributed by atoms with E-state index < -0.39 is 5.97 Å². The highest BCUT2D eigenvalue weighted by molar-refractivity contribution is 6.05. The van der Waals surface area contributed by atoms with Crippen LogP contribution in [0.1, 0.15) is 15.9 Å². The smallest absolute Gasteiger partial charge is 0.336 e. The van der Waals surface area contributed by atoms with E-state index in [0.29, 0.717) is 5.56 Å². The largest absolute Gasteiger partial charge is 0.478 e. The molecule has 2 nitrogen and oxygen atoms in total. The number of rotatable bonds is 2. The van der Waals surface area contributed by atoms with Crippen LogP contribution in [0.2, 0.25) is 0 Å². The van der Waals surface area contributed by atoms with Gasteiger partial charge in [0.2, 0.25) is 0 Å². The number of benzene rings is 1. The predicted octanol–water partition coefficient (Wildman–Crippen LogP) is 4.47. The molecule has 0 saturated carbocycles. The molecule has 98 valence electrons. The Hall–Kier alpha value is -2.61. The van der Waals surface area contributed by atoms with Crippen LogP contribution in [0, 0.1) is 6.92 Å². The maximum absolute atomic E-state index is 11.6. The van der Waals surface area contributed by atoms with Crippen LogP contribution in [-0.4, -0.2) is 11.1 Å². The first kappa shape index (κ1) is 12.4. The van der Waals surface area contributed by atoms with E-state index in [1.54, 1.807) is 0 Å². The molecule has 1 aromatic carbocycles. The maximum atomic E-state index is 11.6. The summed E-state index contributed by atoms with van der Waals surface area (Å²) < 4.78 is 0. The summed E-state index contributed by atoms with van der Waals surface area (Å²) in [6.45, 7) is 2.02. The number of carbonyl (C=O) groups is 1. The summed E-state index contributed by atoms with van der Waals surface area (Å²) in [5, 5.41) is 9.55. The maximum Gasteiger partial charge on any atom is 0.336 e.